The van der Waals surface area contributed by atoms with Gasteiger partial charge >= 0.3 is 12.0 Å². The molecule has 4 N–H and O–H groups in total. The number of amides is 3. The van der Waals surface area contributed by atoms with Gasteiger partial charge in [-0.1, -0.05) is 12.2 Å². The van der Waals surface area contributed by atoms with Gasteiger partial charge in [0.2, 0.25) is 5.91 Å². The van der Waals surface area contributed by atoms with Crippen LogP contribution in [0.3, 0.4) is 0 Å². The minimum Gasteiger partial charge on any atom is -0.481 e. The number of carboxylic acids is 1. The Morgan fingerprint density at radius 2 is 2.10 bits per heavy atom. The average Bonchev–Trinajstić information content (AvgIpc) is 2.87. The van der Waals surface area contributed by atoms with Crippen molar-refractivity contribution in [1.82, 2.24) is 16.0 Å². The lowest BCUT2D eigenvalue weighted by atomic mass is 10.1. The highest BCUT2D eigenvalue weighted by atomic mass is 16.5. The zero-order chi connectivity index (χ0) is 15.8. The molecule has 1 aliphatic carbocycles. The first-order valence-electron chi connectivity index (χ1n) is 6.69. The van der Waals surface area contributed by atoms with Gasteiger partial charge in [-0.25, -0.2) is 4.79 Å². The van der Waals surface area contributed by atoms with Gasteiger partial charge in [0, 0.05) is 13.7 Å². The van der Waals surface area contributed by atoms with Gasteiger partial charge in [-0.2, -0.15) is 0 Å². The van der Waals surface area contributed by atoms with E-state index >= 15 is 0 Å². The number of ether oxygens (including phenoxy) is 1. The van der Waals surface area contributed by atoms with E-state index < -0.39 is 24.0 Å². The van der Waals surface area contributed by atoms with Gasteiger partial charge in [0.25, 0.3) is 0 Å². The second-order valence-corrected chi connectivity index (χ2v) is 4.80. The fourth-order valence-electron chi connectivity index (χ4n) is 1.89. The van der Waals surface area contributed by atoms with Crippen molar-refractivity contribution in [2.75, 3.05) is 20.3 Å². The van der Waals surface area contributed by atoms with Crippen LogP contribution >= 0.6 is 0 Å². The van der Waals surface area contributed by atoms with Crippen molar-refractivity contribution in [2.45, 2.75) is 25.4 Å². The molecule has 3 atom stereocenters. The third kappa shape index (κ3) is 5.82. The molecule has 3 unspecified atom stereocenters. The summed E-state index contributed by atoms with van der Waals surface area (Å²) in [6.45, 7) is 2.33. The molecule has 1 aliphatic rings. The molecule has 8 heteroatoms. The molecule has 0 saturated heterocycles. The summed E-state index contributed by atoms with van der Waals surface area (Å²) < 4.78 is 4.80. The molecule has 118 valence electrons. The lowest BCUT2D eigenvalue weighted by molar-refractivity contribution is -0.140. The highest BCUT2D eigenvalue weighted by molar-refractivity contribution is 5.86. The van der Waals surface area contributed by atoms with Crippen LogP contribution in [0.15, 0.2) is 12.2 Å². The zero-order valence-corrected chi connectivity index (χ0v) is 12.1. The maximum atomic E-state index is 11.7. The summed E-state index contributed by atoms with van der Waals surface area (Å²) in [4.78, 5) is 34.1. The van der Waals surface area contributed by atoms with Crippen molar-refractivity contribution < 1.29 is 24.2 Å². The molecule has 1 rings (SSSR count). The molecule has 0 fully saturated rings. The van der Waals surface area contributed by atoms with Gasteiger partial charge in [0.1, 0.15) is 6.04 Å². The van der Waals surface area contributed by atoms with E-state index in [1.807, 2.05) is 0 Å². The van der Waals surface area contributed by atoms with Crippen molar-refractivity contribution in [3.05, 3.63) is 12.2 Å². The second kappa shape index (κ2) is 8.25. The minimum absolute atomic E-state index is 0.312. The maximum absolute atomic E-state index is 11.7. The molecular formula is C13H21N3O5. The predicted octanol–water partition coefficient (Wildman–Crippen LogP) is -0.534. The van der Waals surface area contributed by atoms with Crippen LogP contribution in [0.1, 0.15) is 13.3 Å². The number of rotatable bonds is 7. The summed E-state index contributed by atoms with van der Waals surface area (Å²) in [7, 11) is 1.53. The quantitative estimate of drug-likeness (QED) is 0.372. The Morgan fingerprint density at radius 1 is 1.38 bits per heavy atom. The van der Waals surface area contributed by atoms with Crippen LogP contribution in [0.25, 0.3) is 0 Å². The number of nitrogens with one attached hydrogen (secondary N) is 3. The lowest BCUT2D eigenvalue weighted by Crippen LogP contribution is -2.50. The summed E-state index contributed by atoms with van der Waals surface area (Å²) in [5.74, 6) is -1.81. The SMILES string of the molecule is COCCNC(=O)C(C)NC(=O)NC1C=CC(C(=O)O)C1. The molecule has 21 heavy (non-hydrogen) atoms. The molecule has 0 aliphatic heterocycles. The molecule has 0 saturated carbocycles. The van der Waals surface area contributed by atoms with E-state index in [1.54, 1.807) is 19.1 Å². The Kier molecular flexibility index (Phi) is 6.67. The standard InChI is InChI=1S/C13H21N3O5/c1-8(11(17)14-5-6-21-2)15-13(20)16-10-4-3-9(7-10)12(18)19/h3-4,8-10H,5-7H2,1-2H3,(H,14,17)(H,18,19)(H2,15,16,20). The third-order valence-corrected chi connectivity index (χ3v) is 3.06. The number of urea groups is 1. The first-order chi connectivity index (χ1) is 9.93. The van der Waals surface area contributed by atoms with Crippen LogP contribution in [0, 0.1) is 5.92 Å². The molecule has 3 amide bonds. The summed E-state index contributed by atoms with van der Waals surface area (Å²) in [5, 5.41) is 16.6. The Morgan fingerprint density at radius 3 is 2.67 bits per heavy atom. The molecule has 0 spiro atoms. The Balaban J connectivity index is 2.29. The second-order valence-electron chi connectivity index (χ2n) is 4.80. The Hall–Kier alpha value is -2.09. The average molecular weight is 299 g/mol. The number of carboxylic acid groups (broad SMARTS) is 1. The van der Waals surface area contributed by atoms with E-state index in [-0.39, 0.29) is 11.9 Å². The highest BCUT2D eigenvalue weighted by Crippen LogP contribution is 2.17. The van der Waals surface area contributed by atoms with Gasteiger partial charge < -0.3 is 25.8 Å². The largest absolute Gasteiger partial charge is 0.481 e. The van der Waals surface area contributed by atoms with E-state index in [0.717, 1.165) is 0 Å². The van der Waals surface area contributed by atoms with Crippen molar-refractivity contribution in [3.63, 3.8) is 0 Å². The molecule has 0 aromatic heterocycles. The first kappa shape index (κ1) is 17.0. The third-order valence-electron chi connectivity index (χ3n) is 3.06. The molecule has 8 nitrogen and oxygen atoms in total. The van der Waals surface area contributed by atoms with Crippen molar-refractivity contribution in [3.8, 4) is 0 Å². The molecule has 0 radical (unpaired) electrons. The molecular weight excluding hydrogens is 278 g/mol. The number of methoxy groups -OCH3 is 1. The predicted molar refractivity (Wildman–Crippen MR) is 74.7 cm³/mol. The topological polar surface area (TPSA) is 117 Å². The smallest absolute Gasteiger partial charge is 0.315 e. The van der Waals surface area contributed by atoms with Gasteiger partial charge in [-0.05, 0) is 13.3 Å². The van der Waals surface area contributed by atoms with Gasteiger partial charge in [0.05, 0.1) is 18.6 Å². The molecule has 0 bridgehead atoms. The van der Waals surface area contributed by atoms with Crippen LogP contribution in [0.4, 0.5) is 4.79 Å². The molecule has 0 heterocycles. The number of carbonyl (C=O) groups excluding carboxylic acids is 2. The Bertz CT molecular complexity index is 424. The highest BCUT2D eigenvalue weighted by Gasteiger charge is 2.26. The summed E-state index contributed by atoms with van der Waals surface area (Å²) >= 11 is 0. The molecule has 0 aromatic carbocycles. The van der Waals surface area contributed by atoms with Crippen molar-refractivity contribution in [1.29, 1.82) is 0 Å². The van der Waals surface area contributed by atoms with E-state index in [2.05, 4.69) is 16.0 Å². The number of hydrogen-bond acceptors (Lipinski definition) is 4. The van der Waals surface area contributed by atoms with E-state index in [0.29, 0.717) is 19.6 Å². The van der Waals surface area contributed by atoms with Crippen LogP contribution in [0.2, 0.25) is 0 Å². The molecule has 0 aromatic rings. The normalized spacial score (nSPS) is 21.6. The first-order valence-corrected chi connectivity index (χ1v) is 6.69. The number of carbonyl (C=O) groups is 3. The van der Waals surface area contributed by atoms with Crippen LogP contribution in [-0.4, -0.2) is 55.4 Å². The van der Waals surface area contributed by atoms with Gasteiger partial charge in [-0.3, -0.25) is 9.59 Å². The van der Waals surface area contributed by atoms with Gasteiger partial charge in [-0.15, -0.1) is 0 Å². The van der Waals surface area contributed by atoms with Crippen LogP contribution in [0.5, 0.6) is 0 Å². The summed E-state index contributed by atoms with van der Waals surface area (Å²) in [6.07, 6.45) is 3.51. The zero-order valence-electron chi connectivity index (χ0n) is 12.1. The van der Waals surface area contributed by atoms with E-state index in [4.69, 9.17) is 9.84 Å². The van der Waals surface area contributed by atoms with Crippen molar-refractivity contribution >= 4 is 17.9 Å². The summed E-state index contributed by atoms with van der Waals surface area (Å²) in [5.41, 5.74) is 0. The summed E-state index contributed by atoms with van der Waals surface area (Å²) in [6, 6.07) is -1.54. The Labute approximate surface area is 122 Å². The fraction of sp³-hybridized carbons (Fsp3) is 0.615. The van der Waals surface area contributed by atoms with E-state index in [1.165, 1.54) is 7.11 Å². The van der Waals surface area contributed by atoms with Crippen molar-refractivity contribution in [2.24, 2.45) is 5.92 Å². The minimum atomic E-state index is -0.915. The fourth-order valence-corrected chi connectivity index (χ4v) is 1.89. The van der Waals surface area contributed by atoms with Crippen LogP contribution < -0.4 is 16.0 Å². The van der Waals surface area contributed by atoms with E-state index in [9.17, 15) is 14.4 Å². The van der Waals surface area contributed by atoms with Crippen LogP contribution in [-0.2, 0) is 14.3 Å². The maximum Gasteiger partial charge on any atom is 0.315 e. The number of hydrogen-bond donors (Lipinski definition) is 4. The number of aliphatic carboxylic acids is 1. The lowest BCUT2D eigenvalue weighted by Gasteiger charge is -2.17. The van der Waals surface area contributed by atoms with Gasteiger partial charge in [0.15, 0.2) is 0 Å². The monoisotopic (exact) mass is 299 g/mol.